The van der Waals surface area contributed by atoms with Crippen LogP contribution in [0.15, 0.2) is 0 Å². The van der Waals surface area contributed by atoms with Crippen molar-refractivity contribution in [2.75, 3.05) is 6.61 Å². The molecule has 4 nitrogen and oxygen atoms in total. The van der Waals surface area contributed by atoms with Gasteiger partial charge in [0.05, 0.1) is 12.7 Å². The Kier molecular flexibility index (Phi) is 6.60. The van der Waals surface area contributed by atoms with Crippen LogP contribution in [0.4, 0.5) is 0 Å². The first-order chi connectivity index (χ1) is 5.98. The number of rotatable bonds is 7. The average Bonchev–Trinajstić information content (AvgIpc) is 1.95. The van der Waals surface area contributed by atoms with Gasteiger partial charge in [0.1, 0.15) is 0 Å². The molecule has 13 heavy (non-hydrogen) atoms. The van der Waals surface area contributed by atoms with E-state index >= 15 is 0 Å². The third-order valence-corrected chi connectivity index (χ3v) is 2.54. The van der Waals surface area contributed by atoms with E-state index in [0.29, 0.717) is 0 Å². The van der Waals surface area contributed by atoms with E-state index in [2.05, 4.69) is 6.92 Å². The van der Waals surface area contributed by atoms with Crippen molar-refractivity contribution in [3.63, 3.8) is 0 Å². The number of phosphoric acid groups is 1. The number of hydrogen-bond donors (Lipinski definition) is 1. The van der Waals surface area contributed by atoms with E-state index in [-0.39, 0.29) is 12.7 Å². The first-order valence-electron chi connectivity index (χ1n) is 4.63. The average molecular weight is 210 g/mol. The molecule has 0 amide bonds. The number of hydrogen-bond acceptors (Lipinski definition) is 3. The summed E-state index contributed by atoms with van der Waals surface area (Å²) in [4.78, 5) is 9.10. The maximum Gasteiger partial charge on any atom is 0.472 e. The molecule has 0 aromatic heterocycles. The van der Waals surface area contributed by atoms with E-state index in [0.717, 1.165) is 19.3 Å². The summed E-state index contributed by atoms with van der Waals surface area (Å²) in [6.07, 6.45) is 2.57. The van der Waals surface area contributed by atoms with Crippen LogP contribution in [-0.2, 0) is 13.6 Å². The second-order valence-corrected chi connectivity index (χ2v) is 4.57. The molecule has 0 heterocycles. The molecule has 0 bridgehead atoms. The van der Waals surface area contributed by atoms with Gasteiger partial charge in [0.15, 0.2) is 0 Å². The molecule has 0 aromatic carbocycles. The van der Waals surface area contributed by atoms with E-state index in [9.17, 15) is 4.57 Å². The molecule has 0 aliphatic rings. The monoisotopic (exact) mass is 210 g/mol. The Morgan fingerprint density at radius 1 is 1.38 bits per heavy atom. The molecule has 5 heteroatoms. The largest absolute Gasteiger partial charge is 0.472 e. The van der Waals surface area contributed by atoms with Gasteiger partial charge in [-0.25, -0.2) is 4.57 Å². The smallest absolute Gasteiger partial charge is 0.302 e. The first kappa shape index (κ1) is 13.1. The third-order valence-electron chi connectivity index (χ3n) is 1.35. The van der Waals surface area contributed by atoms with E-state index in [1.54, 1.807) is 13.8 Å². The minimum absolute atomic E-state index is 0.286. The highest BCUT2D eigenvalue weighted by Crippen LogP contribution is 2.44. The molecule has 0 aromatic rings. The summed E-state index contributed by atoms with van der Waals surface area (Å²) < 4.78 is 20.5. The van der Waals surface area contributed by atoms with Gasteiger partial charge in [0.2, 0.25) is 0 Å². The number of unbranched alkanes of at least 4 members (excludes halogenated alkanes) is 2. The highest BCUT2D eigenvalue weighted by Gasteiger charge is 2.21. The fourth-order valence-electron chi connectivity index (χ4n) is 0.829. The van der Waals surface area contributed by atoms with Crippen molar-refractivity contribution in [3.8, 4) is 0 Å². The predicted octanol–water partition coefficient (Wildman–Crippen LogP) is 2.72. The Bertz CT molecular complexity index is 170. The third kappa shape index (κ3) is 8.44. The summed E-state index contributed by atoms with van der Waals surface area (Å²) in [5, 5.41) is 0. The van der Waals surface area contributed by atoms with Crippen LogP contribution in [-0.4, -0.2) is 17.6 Å². The molecule has 1 unspecified atom stereocenters. The van der Waals surface area contributed by atoms with E-state index in [4.69, 9.17) is 13.9 Å². The lowest BCUT2D eigenvalue weighted by Crippen LogP contribution is -2.03. The van der Waals surface area contributed by atoms with Gasteiger partial charge in [-0.2, -0.15) is 0 Å². The van der Waals surface area contributed by atoms with Crippen LogP contribution >= 0.6 is 7.82 Å². The lowest BCUT2D eigenvalue weighted by Gasteiger charge is -2.13. The molecular formula is C8H19O4P. The molecule has 1 N–H and O–H groups in total. The van der Waals surface area contributed by atoms with Gasteiger partial charge in [-0.1, -0.05) is 19.8 Å². The summed E-state index contributed by atoms with van der Waals surface area (Å²) >= 11 is 0. The minimum atomic E-state index is -3.79. The lowest BCUT2D eigenvalue weighted by molar-refractivity contribution is 0.119. The normalized spacial score (nSPS) is 16.1. The topological polar surface area (TPSA) is 55.8 Å². The van der Waals surface area contributed by atoms with E-state index in [1.165, 1.54) is 0 Å². The van der Waals surface area contributed by atoms with E-state index in [1.807, 2.05) is 0 Å². The van der Waals surface area contributed by atoms with Crippen molar-refractivity contribution in [1.82, 2.24) is 0 Å². The van der Waals surface area contributed by atoms with Gasteiger partial charge in [-0.3, -0.25) is 9.05 Å². The van der Waals surface area contributed by atoms with Gasteiger partial charge in [0.25, 0.3) is 0 Å². The Labute approximate surface area is 79.9 Å². The Morgan fingerprint density at radius 3 is 2.46 bits per heavy atom. The maximum atomic E-state index is 11.1. The zero-order valence-corrected chi connectivity index (χ0v) is 9.42. The van der Waals surface area contributed by atoms with Crippen molar-refractivity contribution in [3.05, 3.63) is 0 Å². The molecule has 0 saturated heterocycles. The molecule has 80 valence electrons. The summed E-state index contributed by atoms with van der Waals surface area (Å²) in [5.41, 5.74) is 0. The highest BCUT2D eigenvalue weighted by atomic mass is 31.2. The van der Waals surface area contributed by atoms with Crippen molar-refractivity contribution < 1.29 is 18.5 Å². The van der Waals surface area contributed by atoms with Crippen molar-refractivity contribution >= 4 is 7.82 Å². The Morgan fingerprint density at radius 2 is 2.00 bits per heavy atom. The predicted molar refractivity (Wildman–Crippen MR) is 51.5 cm³/mol. The number of phosphoric ester groups is 1. The quantitative estimate of drug-likeness (QED) is 0.518. The van der Waals surface area contributed by atoms with Gasteiger partial charge in [-0.15, -0.1) is 0 Å². The second-order valence-electron chi connectivity index (χ2n) is 3.16. The molecule has 0 saturated carbocycles. The van der Waals surface area contributed by atoms with Crippen molar-refractivity contribution in [2.45, 2.75) is 46.1 Å². The molecule has 0 aliphatic carbocycles. The first-order valence-corrected chi connectivity index (χ1v) is 6.13. The highest BCUT2D eigenvalue weighted by molar-refractivity contribution is 7.47. The summed E-state index contributed by atoms with van der Waals surface area (Å²) in [6.45, 7) is 5.73. The zero-order chi connectivity index (χ0) is 10.3. The fourth-order valence-corrected chi connectivity index (χ4v) is 1.78. The lowest BCUT2D eigenvalue weighted by atomic mass is 10.3. The standard InChI is InChI=1S/C8H19O4P/c1-4-5-6-7-11-13(9,10)12-8(2)3/h8H,4-7H2,1-3H3,(H,9,10). The van der Waals surface area contributed by atoms with E-state index < -0.39 is 7.82 Å². The van der Waals surface area contributed by atoms with Crippen LogP contribution in [0.25, 0.3) is 0 Å². The molecule has 1 atom stereocenters. The van der Waals surface area contributed by atoms with Crippen LogP contribution in [0.2, 0.25) is 0 Å². The summed E-state index contributed by atoms with van der Waals surface area (Å²) in [6, 6.07) is 0. The summed E-state index contributed by atoms with van der Waals surface area (Å²) in [5.74, 6) is 0. The second kappa shape index (κ2) is 6.55. The minimum Gasteiger partial charge on any atom is -0.302 e. The van der Waals surface area contributed by atoms with Gasteiger partial charge in [0, 0.05) is 0 Å². The Hall–Kier alpha value is 0.110. The zero-order valence-electron chi connectivity index (χ0n) is 8.52. The van der Waals surface area contributed by atoms with Crippen LogP contribution < -0.4 is 0 Å². The van der Waals surface area contributed by atoms with Crippen LogP contribution in [0.1, 0.15) is 40.0 Å². The summed E-state index contributed by atoms with van der Waals surface area (Å²) in [7, 11) is -3.79. The molecule has 0 fully saturated rings. The van der Waals surface area contributed by atoms with Crippen LogP contribution in [0.5, 0.6) is 0 Å². The fraction of sp³-hybridized carbons (Fsp3) is 1.00. The molecule has 0 spiro atoms. The van der Waals surface area contributed by atoms with Crippen molar-refractivity contribution in [1.29, 1.82) is 0 Å². The van der Waals surface area contributed by atoms with Crippen LogP contribution in [0, 0.1) is 0 Å². The molecule has 0 aliphatic heterocycles. The molecule has 0 radical (unpaired) electrons. The van der Waals surface area contributed by atoms with Gasteiger partial charge < -0.3 is 4.89 Å². The van der Waals surface area contributed by atoms with Crippen LogP contribution in [0.3, 0.4) is 0 Å². The Balaban J connectivity index is 3.57. The SMILES string of the molecule is CCCCCOP(=O)(O)OC(C)C. The molecular weight excluding hydrogens is 191 g/mol. The van der Waals surface area contributed by atoms with Gasteiger partial charge >= 0.3 is 7.82 Å². The maximum absolute atomic E-state index is 11.1. The molecule has 0 rings (SSSR count). The van der Waals surface area contributed by atoms with Crippen molar-refractivity contribution in [2.24, 2.45) is 0 Å². The van der Waals surface area contributed by atoms with Gasteiger partial charge in [-0.05, 0) is 20.3 Å².